The Bertz CT molecular complexity index is 808. The van der Waals surface area contributed by atoms with Gasteiger partial charge in [-0.15, -0.1) is 0 Å². The molecule has 2 aromatic carbocycles. The predicted octanol–water partition coefficient (Wildman–Crippen LogP) is 3.63. The van der Waals surface area contributed by atoms with E-state index in [1.807, 2.05) is 6.07 Å². The first kappa shape index (κ1) is 15.2. The number of nitrogens with zero attached hydrogens (tertiary/aromatic N) is 1. The summed E-state index contributed by atoms with van der Waals surface area (Å²) < 4.78 is 0. The van der Waals surface area contributed by atoms with Crippen LogP contribution >= 0.6 is 0 Å². The van der Waals surface area contributed by atoms with E-state index in [-0.39, 0.29) is 5.92 Å². The number of nitrogens with one attached hydrogen (secondary N) is 1. The van der Waals surface area contributed by atoms with E-state index in [4.69, 9.17) is 0 Å². The number of anilines is 1. The van der Waals surface area contributed by atoms with Gasteiger partial charge in [0.15, 0.2) is 0 Å². The van der Waals surface area contributed by atoms with Crippen molar-refractivity contribution in [3.05, 3.63) is 54.1 Å². The molecule has 1 unspecified atom stereocenters. The first-order valence-corrected chi connectivity index (χ1v) is 9.47. The molecule has 2 fully saturated rings. The first-order valence-electron chi connectivity index (χ1n) is 9.47. The van der Waals surface area contributed by atoms with E-state index in [1.54, 1.807) is 0 Å². The van der Waals surface area contributed by atoms with Crippen LogP contribution in [0.4, 0.5) is 5.69 Å². The minimum Gasteiger partial charge on any atom is -0.317 e. The first-order chi connectivity index (χ1) is 12.3. The molecular weight excluding hydrogens is 308 g/mol. The lowest BCUT2D eigenvalue weighted by atomic mass is 9.91. The van der Waals surface area contributed by atoms with E-state index in [0.717, 1.165) is 51.0 Å². The van der Waals surface area contributed by atoms with Crippen molar-refractivity contribution in [2.45, 2.75) is 25.7 Å². The molecule has 3 heteroatoms. The maximum atomic E-state index is 13.1. The summed E-state index contributed by atoms with van der Waals surface area (Å²) in [5.74, 6) is 0.627. The van der Waals surface area contributed by atoms with Crippen molar-refractivity contribution in [2.24, 2.45) is 11.3 Å². The van der Waals surface area contributed by atoms with Crippen LogP contribution in [0.3, 0.4) is 0 Å². The van der Waals surface area contributed by atoms with Gasteiger partial charge < -0.3 is 10.2 Å². The molecule has 1 saturated carbocycles. The highest BCUT2D eigenvalue weighted by Gasteiger charge is 2.58. The third kappa shape index (κ3) is 2.49. The Hall–Kier alpha value is -2.13. The highest BCUT2D eigenvalue weighted by Crippen LogP contribution is 2.59. The lowest BCUT2D eigenvalue weighted by molar-refractivity contribution is -0.120. The van der Waals surface area contributed by atoms with E-state index in [2.05, 4.69) is 52.7 Å². The van der Waals surface area contributed by atoms with Crippen LogP contribution in [0, 0.1) is 11.3 Å². The van der Waals surface area contributed by atoms with Crippen molar-refractivity contribution in [3.8, 4) is 11.1 Å². The van der Waals surface area contributed by atoms with Crippen LogP contribution in [0.2, 0.25) is 0 Å². The van der Waals surface area contributed by atoms with Gasteiger partial charge >= 0.3 is 0 Å². The van der Waals surface area contributed by atoms with Crippen molar-refractivity contribution < 1.29 is 4.79 Å². The number of amides is 1. The van der Waals surface area contributed by atoms with Gasteiger partial charge in [0, 0.05) is 18.2 Å². The summed E-state index contributed by atoms with van der Waals surface area (Å²) in [6.45, 7) is 2.98. The van der Waals surface area contributed by atoms with Gasteiger partial charge in [-0.3, -0.25) is 4.79 Å². The molecular formula is C22H24N2O. The quantitative estimate of drug-likeness (QED) is 0.911. The number of piperidine rings is 1. The third-order valence-electron chi connectivity index (χ3n) is 6.44. The summed E-state index contributed by atoms with van der Waals surface area (Å²) in [4.78, 5) is 15.2. The average Bonchev–Trinajstić information content (AvgIpc) is 3.18. The van der Waals surface area contributed by atoms with Crippen LogP contribution in [0.15, 0.2) is 48.5 Å². The van der Waals surface area contributed by atoms with Crippen molar-refractivity contribution >= 4 is 11.6 Å². The van der Waals surface area contributed by atoms with Gasteiger partial charge in [0.2, 0.25) is 5.91 Å². The molecule has 0 bridgehead atoms. The molecule has 1 N–H and O–H groups in total. The number of benzene rings is 2. The maximum absolute atomic E-state index is 13.1. The normalized spacial score (nSPS) is 23.5. The Labute approximate surface area is 149 Å². The number of rotatable bonds is 2. The molecule has 1 spiro atoms. The summed E-state index contributed by atoms with van der Waals surface area (Å²) in [6, 6.07) is 17.1. The molecule has 3 nitrogen and oxygen atoms in total. The van der Waals surface area contributed by atoms with Gasteiger partial charge in [-0.2, -0.15) is 0 Å². The van der Waals surface area contributed by atoms with E-state index in [0.29, 0.717) is 11.3 Å². The fourth-order valence-corrected chi connectivity index (χ4v) is 4.80. The largest absolute Gasteiger partial charge is 0.317 e. The Kier molecular flexibility index (Phi) is 3.46. The Balaban J connectivity index is 1.38. The smallest absolute Gasteiger partial charge is 0.230 e. The van der Waals surface area contributed by atoms with Crippen LogP contribution < -0.4 is 10.2 Å². The average molecular weight is 332 g/mol. The van der Waals surface area contributed by atoms with Gasteiger partial charge in [-0.1, -0.05) is 36.4 Å². The number of hydrogen-bond donors (Lipinski definition) is 1. The molecule has 1 atom stereocenters. The standard InChI is InChI=1S/C22H24N2O/c25-21(19-15-22(19)9-11-23-12-10-22)24-13-8-18-14-17(6-7-20(18)24)16-4-2-1-3-5-16/h1-7,14,19,23H,8-13,15H2. The Morgan fingerprint density at radius 3 is 2.64 bits per heavy atom. The highest BCUT2D eigenvalue weighted by molar-refractivity contribution is 5.99. The molecule has 5 rings (SSSR count). The second-order valence-corrected chi connectivity index (χ2v) is 7.82. The van der Waals surface area contributed by atoms with Crippen LogP contribution in [-0.2, 0) is 11.2 Å². The van der Waals surface area contributed by atoms with Gasteiger partial charge in [0.05, 0.1) is 0 Å². The zero-order valence-corrected chi connectivity index (χ0v) is 14.5. The molecule has 0 radical (unpaired) electrons. The van der Waals surface area contributed by atoms with Gasteiger partial charge in [0.25, 0.3) is 0 Å². The highest BCUT2D eigenvalue weighted by atomic mass is 16.2. The fraction of sp³-hybridized carbons (Fsp3) is 0.409. The predicted molar refractivity (Wildman–Crippen MR) is 101 cm³/mol. The van der Waals surface area contributed by atoms with E-state index < -0.39 is 0 Å². The summed E-state index contributed by atoms with van der Waals surface area (Å²) >= 11 is 0. The SMILES string of the molecule is O=C(C1CC12CCNCC2)N1CCc2cc(-c3ccccc3)ccc21. The van der Waals surface area contributed by atoms with Crippen LogP contribution in [0.25, 0.3) is 11.1 Å². The van der Waals surface area contributed by atoms with E-state index in [1.165, 1.54) is 16.7 Å². The molecule has 25 heavy (non-hydrogen) atoms. The number of hydrogen-bond acceptors (Lipinski definition) is 2. The van der Waals surface area contributed by atoms with Gasteiger partial charge in [-0.25, -0.2) is 0 Å². The van der Waals surface area contributed by atoms with Crippen LogP contribution in [-0.4, -0.2) is 25.5 Å². The maximum Gasteiger partial charge on any atom is 0.230 e. The molecule has 3 aliphatic rings. The summed E-state index contributed by atoms with van der Waals surface area (Å²) in [5.41, 5.74) is 5.26. The summed E-state index contributed by atoms with van der Waals surface area (Å²) in [5, 5.41) is 3.42. The monoisotopic (exact) mass is 332 g/mol. The molecule has 128 valence electrons. The second-order valence-electron chi connectivity index (χ2n) is 7.82. The third-order valence-corrected chi connectivity index (χ3v) is 6.44. The lowest BCUT2D eigenvalue weighted by Crippen LogP contribution is -2.35. The minimum absolute atomic E-state index is 0.259. The Morgan fingerprint density at radius 1 is 1.04 bits per heavy atom. The molecule has 1 amide bonds. The molecule has 2 aliphatic heterocycles. The second kappa shape index (κ2) is 5.70. The van der Waals surface area contributed by atoms with Crippen molar-refractivity contribution in [2.75, 3.05) is 24.5 Å². The topological polar surface area (TPSA) is 32.3 Å². The van der Waals surface area contributed by atoms with Crippen molar-refractivity contribution in [1.82, 2.24) is 5.32 Å². The zero-order chi connectivity index (χ0) is 16.9. The summed E-state index contributed by atoms with van der Waals surface area (Å²) in [7, 11) is 0. The molecule has 2 aromatic rings. The van der Waals surface area contributed by atoms with Gasteiger partial charge in [0.1, 0.15) is 0 Å². The van der Waals surface area contributed by atoms with Crippen molar-refractivity contribution in [3.63, 3.8) is 0 Å². The Morgan fingerprint density at radius 2 is 1.84 bits per heavy atom. The summed E-state index contributed by atoms with van der Waals surface area (Å²) in [6.07, 6.45) is 4.40. The number of carbonyl (C=O) groups excluding carboxylic acids is 1. The molecule has 1 aliphatic carbocycles. The van der Waals surface area contributed by atoms with Gasteiger partial charge in [-0.05, 0) is 73.0 Å². The lowest BCUT2D eigenvalue weighted by Gasteiger charge is -2.25. The van der Waals surface area contributed by atoms with Crippen LogP contribution in [0.5, 0.6) is 0 Å². The number of carbonyl (C=O) groups is 1. The molecule has 0 aromatic heterocycles. The molecule has 1 saturated heterocycles. The van der Waals surface area contributed by atoms with Crippen LogP contribution in [0.1, 0.15) is 24.8 Å². The van der Waals surface area contributed by atoms with E-state index >= 15 is 0 Å². The molecule has 2 heterocycles. The van der Waals surface area contributed by atoms with E-state index in [9.17, 15) is 4.79 Å². The minimum atomic E-state index is 0.259. The van der Waals surface area contributed by atoms with Crippen molar-refractivity contribution in [1.29, 1.82) is 0 Å². The number of fused-ring (bicyclic) bond motifs is 1. The fourth-order valence-electron chi connectivity index (χ4n) is 4.80. The zero-order valence-electron chi connectivity index (χ0n) is 14.5.